The van der Waals surface area contributed by atoms with Crippen LogP contribution in [0.25, 0.3) is 10.2 Å². The minimum absolute atomic E-state index is 0.0475. The molecule has 1 aromatic heterocycles. The third kappa shape index (κ3) is 6.67. The number of amides is 1. The largest absolute Gasteiger partial charge is 0.384 e. The summed E-state index contributed by atoms with van der Waals surface area (Å²) in [5.41, 5.74) is 9.02. The van der Waals surface area contributed by atoms with Gasteiger partial charge in [-0.3, -0.25) is 10.2 Å². The number of thiazole rings is 1. The van der Waals surface area contributed by atoms with E-state index >= 15 is 0 Å². The van der Waals surface area contributed by atoms with Crippen LogP contribution in [0.3, 0.4) is 0 Å². The lowest BCUT2D eigenvalue weighted by Gasteiger charge is -2.17. The number of carbonyl (C=O) groups excluding carboxylic acids is 1. The third-order valence-electron chi connectivity index (χ3n) is 5.29. The average molecular weight is 506 g/mol. The fourth-order valence-electron chi connectivity index (χ4n) is 3.53. The number of rotatable bonds is 11. The number of fused-ring (bicyclic) bond motifs is 1. The normalized spacial score (nSPS) is 11.9. The molecule has 1 heterocycles. The van der Waals surface area contributed by atoms with Gasteiger partial charge in [-0.1, -0.05) is 36.4 Å². The number of carbonyl (C=O) groups is 1. The van der Waals surface area contributed by atoms with E-state index in [2.05, 4.69) is 16.1 Å². The zero-order valence-electron chi connectivity index (χ0n) is 19.3. The van der Waals surface area contributed by atoms with Crippen LogP contribution in [0.5, 0.6) is 0 Å². The molecular weight excluding hydrogens is 478 g/mol. The maximum Gasteiger partial charge on any atom is 0.251 e. The van der Waals surface area contributed by atoms with Crippen molar-refractivity contribution >= 4 is 45.2 Å². The number of ether oxygens (including phenoxy) is 1. The molecule has 0 aliphatic rings. The molecule has 5 N–H and O–H groups in total. The minimum atomic E-state index is -0.131. The molecule has 3 aromatic carbocycles. The number of nitrogen functional groups attached to an aromatic ring is 1. The van der Waals surface area contributed by atoms with Crippen molar-refractivity contribution in [3.05, 3.63) is 94.5 Å². The Morgan fingerprint density at radius 1 is 1.11 bits per heavy atom. The van der Waals surface area contributed by atoms with E-state index in [1.54, 1.807) is 24.5 Å². The summed E-state index contributed by atoms with van der Waals surface area (Å²) >= 11 is 3.13. The smallest absolute Gasteiger partial charge is 0.251 e. The average Bonchev–Trinajstić information content (AvgIpc) is 3.31. The van der Waals surface area contributed by atoms with Crippen molar-refractivity contribution in [2.45, 2.75) is 17.4 Å². The van der Waals surface area contributed by atoms with Crippen LogP contribution < -0.4 is 15.8 Å². The van der Waals surface area contributed by atoms with Gasteiger partial charge >= 0.3 is 0 Å². The highest BCUT2D eigenvalue weighted by Gasteiger charge is 2.18. The van der Waals surface area contributed by atoms with Crippen LogP contribution in [-0.2, 0) is 11.2 Å². The lowest BCUT2D eigenvalue weighted by atomic mass is 10.0. The van der Waals surface area contributed by atoms with Gasteiger partial charge in [0.05, 0.1) is 22.9 Å². The number of benzene rings is 3. The van der Waals surface area contributed by atoms with Crippen LogP contribution in [-0.4, -0.2) is 37.0 Å². The van der Waals surface area contributed by atoms with Crippen LogP contribution in [0.15, 0.2) is 77.7 Å². The van der Waals surface area contributed by atoms with Crippen molar-refractivity contribution < 1.29 is 9.53 Å². The second-order valence-electron chi connectivity index (χ2n) is 7.89. The van der Waals surface area contributed by atoms with Gasteiger partial charge in [0.15, 0.2) is 0 Å². The maximum absolute atomic E-state index is 12.4. The number of para-hydroxylation sites is 1. The number of amidine groups is 1. The van der Waals surface area contributed by atoms with Crippen molar-refractivity contribution in [3.63, 3.8) is 0 Å². The van der Waals surface area contributed by atoms with Crippen molar-refractivity contribution in [2.24, 2.45) is 5.73 Å². The Morgan fingerprint density at radius 2 is 1.91 bits per heavy atom. The Balaban J connectivity index is 1.54. The molecule has 35 heavy (non-hydrogen) atoms. The van der Waals surface area contributed by atoms with E-state index in [9.17, 15) is 4.79 Å². The fraction of sp³-hybridized carbons (Fsp3) is 0.192. The standard InChI is InChI=1S/C26H27N5O2S2/c1-33-13-12-29-25(32)19-8-5-9-20(16-19)35-31-22(15-17-6-4-7-18(14-17)24(27)28)26-30-21-10-2-3-11-23(21)34-26/h2-11,14,16,22,31H,12-13,15H2,1H3,(H3,27,28)(H,29,32). The summed E-state index contributed by atoms with van der Waals surface area (Å²) in [5.74, 6) is -0.0837. The molecule has 1 unspecified atom stereocenters. The van der Waals surface area contributed by atoms with Crippen molar-refractivity contribution in [2.75, 3.05) is 20.3 Å². The lowest BCUT2D eigenvalue weighted by Crippen LogP contribution is -2.26. The summed E-state index contributed by atoms with van der Waals surface area (Å²) in [6, 6.07) is 23.2. The Kier molecular flexibility index (Phi) is 8.49. The first-order valence-corrected chi connectivity index (χ1v) is 12.7. The quantitative estimate of drug-likeness (QED) is 0.103. The molecule has 180 valence electrons. The Morgan fingerprint density at radius 3 is 2.71 bits per heavy atom. The van der Waals surface area contributed by atoms with Gasteiger partial charge in [0.25, 0.3) is 5.91 Å². The zero-order chi connectivity index (χ0) is 24.6. The van der Waals surface area contributed by atoms with Crippen LogP contribution in [0.1, 0.15) is 32.5 Å². The van der Waals surface area contributed by atoms with Crippen LogP contribution in [0.4, 0.5) is 0 Å². The van der Waals surface area contributed by atoms with E-state index in [-0.39, 0.29) is 17.8 Å². The number of hydrogen-bond donors (Lipinski definition) is 4. The highest BCUT2D eigenvalue weighted by Crippen LogP contribution is 2.31. The first-order valence-electron chi connectivity index (χ1n) is 11.1. The highest BCUT2D eigenvalue weighted by atomic mass is 32.2. The maximum atomic E-state index is 12.4. The molecule has 0 saturated heterocycles. The van der Waals surface area contributed by atoms with Crippen LogP contribution >= 0.6 is 23.3 Å². The number of aromatic nitrogens is 1. The fourth-order valence-corrected chi connectivity index (χ4v) is 5.43. The van der Waals surface area contributed by atoms with Crippen LogP contribution in [0, 0.1) is 5.41 Å². The second kappa shape index (κ2) is 11.9. The van der Waals surface area contributed by atoms with Gasteiger partial charge in [-0.25, -0.2) is 9.71 Å². The number of nitrogens with zero attached hydrogens (tertiary/aromatic N) is 1. The van der Waals surface area contributed by atoms with Crippen molar-refractivity contribution in [1.29, 1.82) is 5.41 Å². The van der Waals surface area contributed by atoms with E-state index in [0.29, 0.717) is 30.7 Å². The minimum Gasteiger partial charge on any atom is -0.384 e. The van der Waals surface area contributed by atoms with Gasteiger partial charge in [-0.15, -0.1) is 11.3 Å². The summed E-state index contributed by atoms with van der Waals surface area (Å²) in [4.78, 5) is 18.2. The zero-order valence-corrected chi connectivity index (χ0v) is 20.9. The number of nitrogens with two attached hydrogens (primary N) is 1. The molecular formula is C26H27N5O2S2. The number of hydrogen-bond acceptors (Lipinski definition) is 7. The third-order valence-corrected chi connectivity index (χ3v) is 7.34. The van der Waals surface area contributed by atoms with E-state index in [1.807, 2.05) is 60.7 Å². The Labute approximate surface area is 212 Å². The topological polar surface area (TPSA) is 113 Å². The molecule has 0 spiro atoms. The molecule has 4 aromatic rings. The SMILES string of the molecule is COCCNC(=O)c1cccc(SNC(Cc2cccc(C(=N)N)c2)c2nc3ccccc3s2)c1. The van der Waals surface area contributed by atoms with E-state index in [0.717, 1.165) is 25.7 Å². The summed E-state index contributed by atoms with van der Waals surface area (Å²) in [5, 5.41) is 11.6. The molecule has 0 radical (unpaired) electrons. The Bertz CT molecular complexity index is 1290. The number of methoxy groups -OCH3 is 1. The monoisotopic (exact) mass is 505 g/mol. The first kappa shape index (κ1) is 24.9. The van der Waals surface area contributed by atoms with Crippen molar-refractivity contribution in [3.8, 4) is 0 Å². The number of nitrogens with one attached hydrogen (secondary N) is 3. The molecule has 7 nitrogen and oxygen atoms in total. The van der Waals surface area contributed by atoms with Gasteiger partial charge in [-0.05, 0) is 60.3 Å². The van der Waals surface area contributed by atoms with Gasteiger partial charge in [0.1, 0.15) is 10.8 Å². The highest BCUT2D eigenvalue weighted by molar-refractivity contribution is 7.97. The van der Waals surface area contributed by atoms with Crippen molar-refractivity contribution in [1.82, 2.24) is 15.0 Å². The summed E-state index contributed by atoms with van der Waals surface area (Å²) in [6.45, 7) is 0.931. The molecule has 0 bridgehead atoms. The summed E-state index contributed by atoms with van der Waals surface area (Å²) in [6.07, 6.45) is 0.672. The van der Waals surface area contributed by atoms with E-state index in [4.69, 9.17) is 20.9 Å². The predicted molar refractivity (Wildman–Crippen MR) is 143 cm³/mol. The molecule has 1 atom stereocenters. The van der Waals surface area contributed by atoms with Crippen LogP contribution in [0.2, 0.25) is 0 Å². The summed E-state index contributed by atoms with van der Waals surface area (Å²) < 4.78 is 9.69. The molecule has 4 rings (SSSR count). The first-order chi connectivity index (χ1) is 17.0. The van der Waals surface area contributed by atoms with Gasteiger partial charge in [-0.2, -0.15) is 0 Å². The molecule has 1 amide bonds. The molecule has 0 saturated carbocycles. The van der Waals surface area contributed by atoms with Gasteiger partial charge in [0.2, 0.25) is 0 Å². The van der Waals surface area contributed by atoms with E-state index < -0.39 is 0 Å². The van der Waals surface area contributed by atoms with E-state index in [1.165, 1.54) is 11.9 Å². The summed E-state index contributed by atoms with van der Waals surface area (Å²) in [7, 11) is 1.60. The van der Waals surface area contributed by atoms with Gasteiger partial charge in [0, 0.05) is 29.7 Å². The van der Waals surface area contributed by atoms with Gasteiger partial charge < -0.3 is 15.8 Å². The molecule has 0 aliphatic heterocycles. The Hall–Kier alpha value is -3.24. The molecule has 9 heteroatoms. The molecule has 0 aliphatic carbocycles. The second-order valence-corrected chi connectivity index (χ2v) is 9.86. The lowest BCUT2D eigenvalue weighted by molar-refractivity contribution is 0.0937. The predicted octanol–water partition coefficient (Wildman–Crippen LogP) is 4.54. The molecule has 0 fully saturated rings.